The standard InChI is InChI=1S/C23H31N/c1-17-10-8-14-21(22(17)16-23(3,4)5)18(2)20-13-9-12-19(20)11-6-7-15-24/h6-8,10-11,13-15,19H,2,9,12,16,24H2,1,3-5H3/b11-6-,15-7-. The van der Waals surface area contributed by atoms with Crippen LogP contribution in [-0.2, 0) is 6.42 Å². The molecule has 1 atom stereocenters. The van der Waals surface area contributed by atoms with Crippen molar-refractivity contribution in [1.29, 1.82) is 0 Å². The molecule has 0 aromatic heterocycles. The van der Waals surface area contributed by atoms with E-state index in [0.717, 1.165) is 19.3 Å². The van der Waals surface area contributed by atoms with Gasteiger partial charge in [0.05, 0.1) is 0 Å². The number of allylic oxidation sites excluding steroid dienone is 6. The van der Waals surface area contributed by atoms with Crippen LogP contribution < -0.4 is 5.73 Å². The molecule has 1 unspecified atom stereocenters. The Balaban J connectivity index is 2.34. The average molecular weight is 322 g/mol. The van der Waals surface area contributed by atoms with Crippen LogP contribution in [0.1, 0.15) is 50.3 Å². The summed E-state index contributed by atoms with van der Waals surface area (Å²) in [4.78, 5) is 0. The lowest BCUT2D eigenvalue weighted by Gasteiger charge is -2.24. The topological polar surface area (TPSA) is 26.0 Å². The largest absolute Gasteiger partial charge is 0.405 e. The fourth-order valence-corrected chi connectivity index (χ4v) is 3.44. The zero-order valence-corrected chi connectivity index (χ0v) is 15.6. The van der Waals surface area contributed by atoms with E-state index in [1.807, 2.05) is 12.2 Å². The Kier molecular flexibility index (Phi) is 5.88. The van der Waals surface area contributed by atoms with Gasteiger partial charge in [0.2, 0.25) is 0 Å². The van der Waals surface area contributed by atoms with Crippen molar-refractivity contribution in [1.82, 2.24) is 0 Å². The maximum absolute atomic E-state index is 5.43. The smallest absolute Gasteiger partial charge is 0.00268 e. The maximum Gasteiger partial charge on any atom is 0.00268 e. The number of hydrogen-bond donors (Lipinski definition) is 1. The Morgan fingerprint density at radius 3 is 2.71 bits per heavy atom. The molecular formula is C23H31N. The van der Waals surface area contributed by atoms with Gasteiger partial charge in [-0.3, -0.25) is 0 Å². The number of nitrogens with two attached hydrogens (primary N) is 1. The van der Waals surface area contributed by atoms with E-state index in [1.54, 1.807) is 6.20 Å². The molecular weight excluding hydrogens is 290 g/mol. The van der Waals surface area contributed by atoms with E-state index >= 15 is 0 Å². The van der Waals surface area contributed by atoms with Gasteiger partial charge in [-0.25, -0.2) is 0 Å². The molecule has 0 saturated carbocycles. The van der Waals surface area contributed by atoms with Gasteiger partial charge < -0.3 is 5.73 Å². The lowest BCUT2D eigenvalue weighted by atomic mass is 9.81. The summed E-state index contributed by atoms with van der Waals surface area (Å²) >= 11 is 0. The van der Waals surface area contributed by atoms with Crippen LogP contribution >= 0.6 is 0 Å². The monoisotopic (exact) mass is 321 g/mol. The summed E-state index contributed by atoms with van der Waals surface area (Å²) in [6.07, 6.45) is 13.4. The van der Waals surface area contributed by atoms with E-state index in [1.165, 1.54) is 27.8 Å². The Bertz CT molecular complexity index is 680. The van der Waals surface area contributed by atoms with E-state index in [0.29, 0.717) is 5.92 Å². The Hall–Kier alpha value is -2.02. The summed E-state index contributed by atoms with van der Waals surface area (Å²) in [5.74, 6) is 0.441. The second-order valence-electron chi connectivity index (χ2n) is 7.93. The minimum Gasteiger partial charge on any atom is -0.405 e. The van der Waals surface area contributed by atoms with Gasteiger partial charge >= 0.3 is 0 Å². The highest BCUT2D eigenvalue weighted by Gasteiger charge is 2.23. The zero-order valence-electron chi connectivity index (χ0n) is 15.6. The predicted molar refractivity (Wildman–Crippen MR) is 107 cm³/mol. The van der Waals surface area contributed by atoms with Crippen LogP contribution in [0.4, 0.5) is 0 Å². The van der Waals surface area contributed by atoms with Crippen LogP contribution in [0.5, 0.6) is 0 Å². The second kappa shape index (κ2) is 7.70. The van der Waals surface area contributed by atoms with Crippen molar-refractivity contribution in [3.05, 3.63) is 77.5 Å². The molecule has 1 aliphatic rings. The Labute approximate surface area is 147 Å². The third-order valence-electron chi connectivity index (χ3n) is 4.60. The van der Waals surface area contributed by atoms with Gasteiger partial charge in [-0.05, 0) is 71.7 Å². The molecule has 128 valence electrons. The third kappa shape index (κ3) is 4.50. The number of aryl methyl sites for hydroxylation is 1. The van der Waals surface area contributed by atoms with Crippen molar-refractivity contribution >= 4 is 5.57 Å². The molecule has 0 heterocycles. The van der Waals surface area contributed by atoms with Gasteiger partial charge in [0.15, 0.2) is 0 Å². The van der Waals surface area contributed by atoms with Gasteiger partial charge in [-0.2, -0.15) is 0 Å². The molecule has 1 aromatic carbocycles. The van der Waals surface area contributed by atoms with Crippen molar-refractivity contribution in [2.75, 3.05) is 0 Å². The molecule has 0 saturated heterocycles. The summed E-state index contributed by atoms with van der Waals surface area (Å²) in [7, 11) is 0. The summed E-state index contributed by atoms with van der Waals surface area (Å²) in [5.41, 5.74) is 12.4. The van der Waals surface area contributed by atoms with Crippen LogP contribution in [0.3, 0.4) is 0 Å². The molecule has 2 rings (SSSR count). The second-order valence-corrected chi connectivity index (χ2v) is 7.93. The molecule has 0 aliphatic heterocycles. The quantitative estimate of drug-likeness (QED) is 0.665. The van der Waals surface area contributed by atoms with Gasteiger partial charge in [0.25, 0.3) is 0 Å². The Morgan fingerprint density at radius 2 is 2.04 bits per heavy atom. The highest BCUT2D eigenvalue weighted by atomic mass is 14.5. The van der Waals surface area contributed by atoms with Gasteiger partial charge in [0.1, 0.15) is 0 Å². The number of hydrogen-bond acceptors (Lipinski definition) is 1. The maximum atomic E-state index is 5.43. The van der Waals surface area contributed by atoms with Crippen LogP contribution in [0.15, 0.2) is 60.9 Å². The first-order chi connectivity index (χ1) is 11.3. The molecule has 0 radical (unpaired) electrons. The van der Waals surface area contributed by atoms with E-state index in [9.17, 15) is 0 Å². The first-order valence-electron chi connectivity index (χ1n) is 8.87. The number of rotatable bonds is 5. The number of benzene rings is 1. The summed E-state index contributed by atoms with van der Waals surface area (Å²) in [5, 5.41) is 0. The van der Waals surface area contributed by atoms with Gasteiger partial charge in [-0.1, -0.05) is 63.8 Å². The van der Waals surface area contributed by atoms with Crippen molar-refractivity contribution in [2.45, 2.75) is 47.0 Å². The van der Waals surface area contributed by atoms with Crippen molar-refractivity contribution < 1.29 is 0 Å². The highest BCUT2D eigenvalue weighted by Crippen LogP contribution is 2.39. The van der Waals surface area contributed by atoms with Crippen LogP contribution in [0.25, 0.3) is 5.57 Å². The first-order valence-corrected chi connectivity index (χ1v) is 8.87. The molecule has 0 fully saturated rings. The van der Waals surface area contributed by atoms with Crippen LogP contribution in [0, 0.1) is 18.3 Å². The van der Waals surface area contributed by atoms with Crippen LogP contribution in [-0.4, -0.2) is 0 Å². The van der Waals surface area contributed by atoms with E-state index in [-0.39, 0.29) is 5.41 Å². The molecule has 1 nitrogen and oxygen atoms in total. The minimum absolute atomic E-state index is 0.260. The van der Waals surface area contributed by atoms with Crippen molar-refractivity contribution in [3.8, 4) is 0 Å². The molecule has 1 aromatic rings. The molecule has 2 N–H and O–H groups in total. The summed E-state index contributed by atoms with van der Waals surface area (Å²) in [6, 6.07) is 6.60. The predicted octanol–water partition coefficient (Wildman–Crippen LogP) is 5.96. The molecule has 1 aliphatic carbocycles. The fourth-order valence-electron chi connectivity index (χ4n) is 3.44. The third-order valence-corrected chi connectivity index (χ3v) is 4.60. The first kappa shape index (κ1) is 18.3. The SMILES string of the molecule is C=C(C1=CCCC1/C=C\C=C/N)c1cccc(C)c1CC(C)(C)C. The molecule has 0 amide bonds. The molecule has 0 spiro atoms. The minimum atomic E-state index is 0.260. The molecule has 1 heteroatoms. The lowest BCUT2D eigenvalue weighted by molar-refractivity contribution is 0.410. The van der Waals surface area contributed by atoms with Gasteiger partial charge in [-0.15, -0.1) is 0 Å². The average Bonchev–Trinajstić information content (AvgIpc) is 2.96. The molecule has 24 heavy (non-hydrogen) atoms. The Morgan fingerprint density at radius 1 is 1.29 bits per heavy atom. The zero-order chi connectivity index (χ0) is 17.7. The van der Waals surface area contributed by atoms with Crippen molar-refractivity contribution in [2.24, 2.45) is 17.1 Å². The lowest BCUT2D eigenvalue weighted by Crippen LogP contribution is -2.12. The highest BCUT2D eigenvalue weighted by molar-refractivity contribution is 5.81. The summed E-state index contributed by atoms with van der Waals surface area (Å²) in [6.45, 7) is 13.6. The normalized spacial score (nSPS) is 18.5. The van der Waals surface area contributed by atoms with Gasteiger partial charge in [0, 0.05) is 5.92 Å². The van der Waals surface area contributed by atoms with Crippen molar-refractivity contribution in [3.63, 3.8) is 0 Å². The van der Waals surface area contributed by atoms with E-state index in [2.05, 4.69) is 64.6 Å². The molecule has 0 bridgehead atoms. The van der Waals surface area contributed by atoms with E-state index in [4.69, 9.17) is 5.73 Å². The fraction of sp³-hybridized carbons (Fsp3) is 0.391. The van der Waals surface area contributed by atoms with Crippen LogP contribution in [0.2, 0.25) is 0 Å². The van der Waals surface area contributed by atoms with E-state index < -0.39 is 0 Å². The summed E-state index contributed by atoms with van der Waals surface area (Å²) < 4.78 is 0.